The summed E-state index contributed by atoms with van der Waals surface area (Å²) in [5.74, 6) is 2.56. The molecule has 1 heterocycles. The molecule has 1 saturated heterocycles. The molecule has 4 aliphatic rings. The number of cyclic esters (lactones) is 1. The maximum absolute atomic E-state index is 11.7. The van der Waals surface area contributed by atoms with Crippen LogP contribution in [0.1, 0.15) is 65.7 Å². The highest BCUT2D eigenvalue weighted by Crippen LogP contribution is 2.67. The number of rotatable bonds is 0. The molecule has 3 saturated carbocycles. The Hall–Kier alpha value is -0.570. The van der Waals surface area contributed by atoms with Crippen LogP contribution in [-0.4, -0.2) is 23.3 Å². The lowest BCUT2D eigenvalue weighted by molar-refractivity contribution is -0.186. The Morgan fingerprint density at radius 3 is 2.55 bits per heavy atom. The third kappa shape index (κ3) is 1.75. The number of aliphatic hydroxyl groups is 1. The van der Waals surface area contributed by atoms with Gasteiger partial charge in [-0.05, 0) is 74.5 Å². The SMILES string of the molecule is C[C@]1(O)CCC2C3CC[C@H]4CC(=O)OC[C@]4(C)C3CC[C@@]21C. The predicted octanol–water partition coefficient (Wildman–Crippen LogP) is 3.54. The third-order valence-electron chi connectivity index (χ3n) is 8.58. The van der Waals surface area contributed by atoms with Crippen molar-refractivity contribution in [1.82, 2.24) is 0 Å². The van der Waals surface area contributed by atoms with Crippen LogP contribution >= 0.6 is 0 Å². The summed E-state index contributed by atoms with van der Waals surface area (Å²) in [5, 5.41) is 10.9. The van der Waals surface area contributed by atoms with Gasteiger partial charge in [0, 0.05) is 11.8 Å². The molecule has 124 valence electrons. The minimum absolute atomic E-state index is 0.00497. The van der Waals surface area contributed by atoms with Crippen molar-refractivity contribution in [2.45, 2.75) is 71.3 Å². The van der Waals surface area contributed by atoms with Crippen molar-refractivity contribution in [2.24, 2.45) is 34.5 Å². The van der Waals surface area contributed by atoms with Gasteiger partial charge in [-0.3, -0.25) is 4.79 Å². The van der Waals surface area contributed by atoms with Crippen molar-refractivity contribution < 1.29 is 14.6 Å². The van der Waals surface area contributed by atoms with Crippen molar-refractivity contribution >= 4 is 5.97 Å². The molecule has 1 N–H and O–H groups in total. The average Bonchev–Trinajstić information content (AvgIpc) is 2.70. The first-order valence-corrected chi connectivity index (χ1v) is 9.16. The first kappa shape index (κ1) is 15.0. The molecule has 0 spiro atoms. The zero-order chi connectivity index (χ0) is 15.8. The van der Waals surface area contributed by atoms with E-state index in [4.69, 9.17) is 4.74 Å². The van der Waals surface area contributed by atoms with Crippen LogP contribution in [0.4, 0.5) is 0 Å². The second-order valence-corrected chi connectivity index (χ2v) is 9.29. The van der Waals surface area contributed by atoms with Gasteiger partial charge >= 0.3 is 5.97 Å². The summed E-state index contributed by atoms with van der Waals surface area (Å²) >= 11 is 0. The summed E-state index contributed by atoms with van der Waals surface area (Å²) in [4.78, 5) is 11.7. The maximum Gasteiger partial charge on any atom is 0.306 e. The lowest BCUT2D eigenvalue weighted by atomic mass is 9.46. The van der Waals surface area contributed by atoms with E-state index in [1.165, 1.54) is 25.7 Å². The van der Waals surface area contributed by atoms with Gasteiger partial charge in [-0.1, -0.05) is 13.8 Å². The molecule has 0 amide bonds. The van der Waals surface area contributed by atoms with Crippen molar-refractivity contribution in [3.8, 4) is 0 Å². The number of hydrogen-bond donors (Lipinski definition) is 1. The molecular weight excluding hydrogens is 276 g/mol. The topological polar surface area (TPSA) is 46.5 Å². The molecule has 3 nitrogen and oxygen atoms in total. The van der Waals surface area contributed by atoms with E-state index in [0.29, 0.717) is 36.7 Å². The van der Waals surface area contributed by atoms with Gasteiger partial charge in [-0.25, -0.2) is 0 Å². The van der Waals surface area contributed by atoms with Crippen molar-refractivity contribution in [3.05, 3.63) is 0 Å². The Morgan fingerprint density at radius 2 is 1.77 bits per heavy atom. The molecule has 0 bridgehead atoms. The molecule has 3 aliphatic carbocycles. The van der Waals surface area contributed by atoms with E-state index < -0.39 is 5.60 Å². The van der Waals surface area contributed by atoms with Crippen LogP contribution in [-0.2, 0) is 9.53 Å². The molecular formula is C19H30O3. The van der Waals surface area contributed by atoms with E-state index in [0.717, 1.165) is 12.8 Å². The van der Waals surface area contributed by atoms with Gasteiger partial charge in [-0.2, -0.15) is 0 Å². The van der Waals surface area contributed by atoms with Gasteiger partial charge in [-0.15, -0.1) is 0 Å². The zero-order valence-corrected chi connectivity index (χ0v) is 14.2. The highest BCUT2D eigenvalue weighted by atomic mass is 16.5. The Kier molecular flexibility index (Phi) is 3.06. The lowest BCUT2D eigenvalue weighted by Gasteiger charge is -2.60. The van der Waals surface area contributed by atoms with Crippen molar-refractivity contribution in [2.75, 3.05) is 6.61 Å². The van der Waals surface area contributed by atoms with Gasteiger partial charge in [0.25, 0.3) is 0 Å². The highest BCUT2D eigenvalue weighted by Gasteiger charge is 2.63. The average molecular weight is 306 g/mol. The van der Waals surface area contributed by atoms with Crippen LogP contribution in [0.3, 0.4) is 0 Å². The van der Waals surface area contributed by atoms with Crippen LogP contribution in [0.5, 0.6) is 0 Å². The van der Waals surface area contributed by atoms with E-state index in [1.807, 2.05) is 0 Å². The molecule has 4 fully saturated rings. The fourth-order valence-electron chi connectivity index (χ4n) is 6.83. The highest BCUT2D eigenvalue weighted by molar-refractivity contribution is 5.70. The molecule has 0 aromatic carbocycles. The van der Waals surface area contributed by atoms with Gasteiger partial charge in [0.15, 0.2) is 0 Å². The molecule has 0 aromatic heterocycles. The van der Waals surface area contributed by atoms with Crippen molar-refractivity contribution in [3.63, 3.8) is 0 Å². The number of ether oxygens (including phenoxy) is 1. The number of carbonyl (C=O) groups excluding carboxylic acids is 1. The largest absolute Gasteiger partial charge is 0.465 e. The quantitative estimate of drug-likeness (QED) is 0.696. The second kappa shape index (κ2) is 4.49. The van der Waals surface area contributed by atoms with Crippen LogP contribution in [0, 0.1) is 34.5 Å². The van der Waals surface area contributed by atoms with Crippen molar-refractivity contribution in [1.29, 1.82) is 0 Å². The van der Waals surface area contributed by atoms with Gasteiger partial charge < -0.3 is 9.84 Å². The summed E-state index contributed by atoms with van der Waals surface area (Å²) in [6, 6.07) is 0. The standard InChI is InChI=1S/C19H30O3/c1-17-11-22-16(20)10-12(17)4-5-13-14(17)6-8-18(2)15(13)7-9-19(18,3)21/h12-15,21H,4-11H2,1-3H3/t12-,13?,14?,15?,17-,18-,19-/m0/s1. The molecule has 3 heteroatoms. The molecule has 3 unspecified atom stereocenters. The summed E-state index contributed by atoms with van der Waals surface area (Å²) in [6.07, 6.45) is 7.48. The fourth-order valence-corrected chi connectivity index (χ4v) is 6.83. The predicted molar refractivity (Wildman–Crippen MR) is 84.1 cm³/mol. The zero-order valence-electron chi connectivity index (χ0n) is 14.2. The minimum Gasteiger partial charge on any atom is -0.465 e. The fraction of sp³-hybridized carbons (Fsp3) is 0.947. The Bertz CT molecular complexity index is 499. The van der Waals surface area contributed by atoms with Crippen LogP contribution in [0.2, 0.25) is 0 Å². The lowest BCUT2D eigenvalue weighted by Crippen LogP contribution is -2.57. The molecule has 1 aliphatic heterocycles. The van der Waals surface area contributed by atoms with E-state index in [-0.39, 0.29) is 16.8 Å². The molecule has 4 rings (SSSR count). The summed E-state index contributed by atoms with van der Waals surface area (Å²) in [7, 11) is 0. The number of fused-ring (bicyclic) bond motifs is 5. The van der Waals surface area contributed by atoms with Gasteiger partial charge in [0.05, 0.1) is 12.2 Å². The number of esters is 1. The van der Waals surface area contributed by atoms with Crippen LogP contribution in [0.25, 0.3) is 0 Å². The second-order valence-electron chi connectivity index (χ2n) is 9.29. The van der Waals surface area contributed by atoms with E-state index in [1.54, 1.807) is 0 Å². The third-order valence-corrected chi connectivity index (χ3v) is 8.58. The summed E-state index contributed by atoms with van der Waals surface area (Å²) < 4.78 is 5.49. The Labute approximate surface area is 133 Å². The van der Waals surface area contributed by atoms with Gasteiger partial charge in [0.1, 0.15) is 0 Å². The monoisotopic (exact) mass is 306 g/mol. The molecule has 7 atom stereocenters. The van der Waals surface area contributed by atoms with Crippen LogP contribution < -0.4 is 0 Å². The smallest absolute Gasteiger partial charge is 0.306 e. The maximum atomic E-state index is 11.7. The first-order chi connectivity index (χ1) is 10.3. The van der Waals surface area contributed by atoms with Crippen LogP contribution in [0.15, 0.2) is 0 Å². The number of carbonyl (C=O) groups is 1. The van der Waals surface area contributed by atoms with E-state index >= 15 is 0 Å². The minimum atomic E-state index is -0.501. The van der Waals surface area contributed by atoms with Gasteiger partial charge in [0.2, 0.25) is 0 Å². The molecule has 0 aromatic rings. The Morgan fingerprint density at radius 1 is 1.05 bits per heavy atom. The van der Waals surface area contributed by atoms with E-state index in [9.17, 15) is 9.90 Å². The molecule has 22 heavy (non-hydrogen) atoms. The summed E-state index contributed by atoms with van der Waals surface area (Å²) in [5.41, 5.74) is -0.241. The number of hydrogen-bond acceptors (Lipinski definition) is 3. The molecule has 0 radical (unpaired) electrons. The first-order valence-electron chi connectivity index (χ1n) is 9.16. The normalized spacial score (nSPS) is 57.5. The summed E-state index contributed by atoms with van der Waals surface area (Å²) in [6.45, 7) is 7.38. The van der Waals surface area contributed by atoms with E-state index in [2.05, 4.69) is 20.8 Å². The Balaban J connectivity index is 1.65.